The van der Waals surface area contributed by atoms with Gasteiger partial charge in [-0.3, -0.25) is 4.79 Å². The molecule has 0 bridgehead atoms. The highest BCUT2D eigenvalue weighted by Gasteiger charge is 2.27. The summed E-state index contributed by atoms with van der Waals surface area (Å²) in [7, 11) is 0. The summed E-state index contributed by atoms with van der Waals surface area (Å²) in [5.41, 5.74) is -0.0839. The molecule has 1 rings (SSSR count). The van der Waals surface area contributed by atoms with E-state index in [1.165, 1.54) is 32.1 Å². The molecule has 0 heterocycles. The normalized spacial score (nSPS) is 22.3. The number of carbonyl (C=O) groups is 1. The van der Waals surface area contributed by atoms with Gasteiger partial charge in [-0.2, -0.15) is 0 Å². The lowest BCUT2D eigenvalue weighted by Gasteiger charge is -2.30. The predicted molar refractivity (Wildman–Crippen MR) is 76.4 cm³/mol. The Morgan fingerprint density at radius 3 is 2.24 bits per heavy atom. The molecule has 1 atom stereocenters. The number of amides is 1. The van der Waals surface area contributed by atoms with Crippen molar-refractivity contribution in [3.05, 3.63) is 0 Å². The van der Waals surface area contributed by atoms with Crippen LogP contribution >= 0.6 is 15.9 Å². The summed E-state index contributed by atoms with van der Waals surface area (Å²) in [5, 5.41) is 4.05. The highest BCUT2D eigenvalue weighted by atomic mass is 79.9. The van der Waals surface area contributed by atoms with Crippen LogP contribution < -0.4 is 5.32 Å². The van der Waals surface area contributed by atoms with E-state index >= 15 is 0 Å². The minimum atomic E-state index is -0.0839. The van der Waals surface area contributed by atoms with Gasteiger partial charge in [-0.05, 0) is 26.2 Å². The fourth-order valence-corrected chi connectivity index (χ4v) is 2.87. The number of alkyl halides is 1. The van der Waals surface area contributed by atoms with E-state index in [1.807, 2.05) is 0 Å². The van der Waals surface area contributed by atoms with Gasteiger partial charge >= 0.3 is 0 Å². The molecule has 0 radical (unpaired) electrons. The summed E-state index contributed by atoms with van der Waals surface area (Å²) in [6.45, 7) is 4.24. The Bertz CT molecular complexity index is 230. The Balaban J connectivity index is 2.49. The van der Waals surface area contributed by atoms with Crippen LogP contribution in [0.4, 0.5) is 0 Å². The van der Waals surface area contributed by atoms with Crippen LogP contribution in [0.15, 0.2) is 0 Å². The largest absolute Gasteiger partial charge is 0.350 e. The maximum absolute atomic E-state index is 12.3. The number of halogens is 1. The van der Waals surface area contributed by atoms with E-state index in [9.17, 15) is 4.79 Å². The molecule has 2 nitrogen and oxygen atoms in total. The van der Waals surface area contributed by atoms with E-state index in [2.05, 4.69) is 35.1 Å². The maximum atomic E-state index is 12.3. The molecule has 0 saturated heterocycles. The van der Waals surface area contributed by atoms with Crippen molar-refractivity contribution in [3.63, 3.8) is 0 Å². The van der Waals surface area contributed by atoms with Crippen LogP contribution in [0.1, 0.15) is 65.2 Å². The molecule has 0 aromatic rings. The molecule has 0 aliphatic heterocycles. The van der Waals surface area contributed by atoms with Gasteiger partial charge in [-0.25, -0.2) is 0 Å². The van der Waals surface area contributed by atoms with Crippen molar-refractivity contribution in [2.24, 2.45) is 5.92 Å². The Labute approximate surface area is 114 Å². The Kier molecular flexibility index (Phi) is 6.53. The van der Waals surface area contributed by atoms with Crippen LogP contribution in [0.5, 0.6) is 0 Å². The monoisotopic (exact) mass is 303 g/mol. The SMILES string of the molecule is CCC(C)(CBr)NC(=O)C1CCCCCCC1. The zero-order chi connectivity index (χ0) is 12.7. The fourth-order valence-electron chi connectivity index (χ4n) is 2.33. The second-order valence-corrected chi connectivity index (χ2v) is 6.14. The number of hydrogen-bond donors (Lipinski definition) is 1. The summed E-state index contributed by atoms with van der Waals surface area (Å²) < 4.78 is 0. The number of nitrogens with one attached hydrogen (secondary N) is 1. The molecule has 1 amide bonds. The topological polar surface area (TPSA) is 29.1 Å². The van der Waals surface area contributed by atoms with Crippen LogP contribution in [-0.2, 0) is 4.79 Å². The number of hydrogen-bond acceptors (Lipinski definition) is 1. The molecule has 0 spiro atoms. The molecule has 1 N–H and O–H groups in total. The molecule has 17 heavy (non-hydrogen) atoms. The van der Waals surface area contributed by atoms with Gasteiger partial charge in [0.05, 0.1) is 0 Å². The molecule has 1 aliphatic rings. The lowest BCUT2D eigenvalue weighted by molar-refractivity contribution is -0.127. The molecular formula is C14H26BrNO. The molecule has 3 heteroatoms. The van der Waals surface area contributed by atoms with E-state index in [0.717, 1.165) is 24.6 Å². The van der Waals surface area contributed by atoms with E-state index in [0.29, 0.717) is 0 Å². The molecule has 0 aromatic heterocycles. The highest BCUT2D eigenvalue weighted by molar-refractivity contribution is 9.09. The summed E-state index contributed by atoms with van der Waals surface area (Å²) in [6.07, 6.45) is 9.51. The number of carbonyl (C=O) groups excluding carboxylic acids is 1. The lowest BCUT2D eigenvalue weighted by Crippen LogP contribution is -2.49. The summed E-state index contributed by atoms with van der Waals surface area (Å²) in [4.78, 5) is 12.3. The van der Waals surface area contributed by atoms with Crippen molar-refractivity contribution in [2.45, 2.75) is 70.8 Å². The van der Waals surface area contributed by atoms with Gasteiger partial charge in [0.1, 0.15) is 0 Å². The zero-order valence-electron chi connectivity index (χ0n) is 11.2. The van der Waals surface area contributed by atoms with Crippen LogP contribution in [-0.4, -0.2) is 16.8 Å². The third-order valence-corrected chi connectivity index (χ3v) is 5.21. The van der Waals surface area contributed by atoms with E-state index in [1.54, 1.807) is 0 Å². The minimum Gasteiger partial charge on any atom is -0.350 e. The van der Waals surface area contributed by atoms with Crippen molar-refractivity contribution in [1.82, 2.24) is 5.32 Å². The van der Waals surface area contributed by atoms with Crippen LogP contribution in [0, 0.1) is 5.92 Å². The average Bonchev–Trinajstić information content (AvgIpc) is 2.28. The van der Waals surface area contributed by atoms with Crippen molar-refractivity contribution in [2.75, 3.05) is 5.33 Å². The van der Waals surface area contributed by atoms with Gasteiger partial charge in [0.2, 0.25) is 5.91 Å². The van der Waals surface area contributed by atoms with Crippen molar-refractivity contribution in [1.29, 1.82) is 0 Å². The molecule has 0 aromatic carbocycles. The first-order valence-corrected chi connectivity index (χ1v) is 8.11. The quantitative estimate of drug-likeness (QED) is 0.781. The standard InChI is InChI=1S/C14H26BrNO/c1-3-14(2,11-15)16-13(17)12-9-7-5-4-6-8-10-12/h12H,3-11H2,1-2H3,(H,16,17). The van der Waals surface area contributed by atoms with E-state index in [-0.39, 0.29) is 17.4 Å². The smallest absolute Gasteiger partial charge is 0.223 e. The van der Waals surface area contributed by atoms with Crippen LogP contribution in [0.3, 0.4) is 0 Å². The molecule has 1 fully saturated rings. The lowest BCUT2D eigenvalue weighted by atomic mass is 9.89. The van der Waals surface area contributed by atoms with Gasteiger partial charge < -0.3 is 5.32 Å². The van der Waals surface area contributed by atoms with Gasteiger partial charge in [-0.1, -0.05) is 55.0 Å². The third kappa shape index (κ3) is 4.99. The minimum absolute atomic E-state index is 0.0839. The molecule has 1 saturated carbocycles. The first-order chi connectivity index (χ1) is 8.11. The average molecular weight is 304 g/mol. The van der Waals surface area contributed by atoms with Gasteiger partial charge in [0, 0.05) is 16.8 Å². The Hall–Kier alpha value is -0.0500. The van der Waals surface area contributed by atoms with E-state index in [4.69, 9.17) is 0 Å². The molecule has 1 unspecified atom stereocenters. The Morgan fingerprint density at radius 2 is 1.76 bits per heavy atom. The highest BCUT2D eigenvalue weighted by Crippen LogP contribution is 2.23. The predicted octanol–water partition coefficient (Wildman–Crippen LogP) is 4.03. The molecular weight excluding hydrogens is 278 g/mol. The Morgan fingerprint density at radius 1 is 1.24 bits per heavy atom. The first-order valence-electron chi connectivity index (χ1n) is 6.99. The van der Waals surface area contributed by atoms with Crippen molar-refractivity contribution < 1.29 is 4.79 Å². The van der Waals surface area contributed by atoms with Crippen LogP contribution in [0.25, 0.3) is 0 Å². The molecule has 1 aliphatic carbocycles. The zero-order valence-corrected chi connectivity index (χ0v) is 12.8. The first kappa shape index (κ1) is 15.0. The third-order valence-electron chi connectivity index (χ3n) is 3.98. The van der Waals surface area contributed by atoms with E-state index < -0.39 is 0 Å². The van der Waals surface area contributed by atoms with Gasteiger partial charge in [-0.15, -0.1) is 0 Å². The van der Waals surface area contributed by atoms with Crippen molar-refractivity contribution in [3.8, 4) is 0 Å². The molecule has 100 valence electrons. The fraction of sp³-hybridized carbons (Fsp3) is 0.929. The van der Waals surface area contributed by atoms with Gasteiger partial charge in [0.15, 0.2) is 0 Å². The number of rotatable bonds is 4. The summed E-state index contributed by atoms with van der Waals surface area (Å²) in [5.74, 6) is 0.524. The summed E-state index contributed by atoms with van der Waals surface area (Å²) in [6, 6.07) is 0. The van der Waals surface area contributed by atoms with Crippen LogP contribution in [0.2, 0.25) is 0 Å². The summed E-state index contributed by atoms with van der Waals surface area (Å²) >= 11 is 3.50. The second-order valence-electron chi connectivity index (χ2n) is 5.58. The maximum Gasteiger partial charge on any atom is 0.223 e. The second kappa shape index (κ2) is 7.40. The van der Waals surface area contributed by atoms with Crippen molar-refractivity contribution >= 4 is 21.8 Å². The van der Waals surface area contributed by atoms with Gasteiger partial charge in [0.25, 0.3) is 0 Å².